The summed E-state index contributed by atoms with van der Waals surface area (Å²) in [4.78, 5) is 11.7. The number of hydrogen-bond acceptors (Lipinski definition) is 3. The molecule has 0 heterocycles. The number of aliphatic imine (C=N–C) groups is 1. The van der Waals surface area contributed by atoms with Crippen LogP contribution < -0.4 is 11.2 Å². The molecule has 0 saturated heterocycles. The van der Waals surface area contributed by atoms with Crippen LogP contribution in [0.5, 0.6) is 0 Å². The number of nitrogens with one attached hydrogen (secondary N) is 1. The van der Waals surface area contributed by atoms with Crippen LogP contribution in [0.15, 0.2) is 4.99 Å². The van der Waals surface area contributed by atoms with E-state index < -0.39 is 0 Å². The standard InChI is InChI=1S/C21H46N4O/c1-4-6-8-10-12-14-18-25(19-15-13-11-9-7-5-2)20-16-17-23-21(22)24-26-3/h4-20H2,1-3H3,(H3,22,23,24). The maximum Gasteiger partial charge on any atom is 0.213 e. The van der Waals surface area contributed by atoms with Gasteiger partial charge in [-0.15, -0.1) is 0 Å². The maximum atomic E-state index is 5.68. The molecule has 0 bridgehead atoms. The average Bonchev–Trinajstić information content (AvgIpc) is 2.64. The van der Waals surface area contributed by atoms with Crippen molar-refractivity contribution in [1.29, 1.82) is 0 Å². The molecule has 0 aliphatic carbocycles. The summed E-state index contributed by atoms with van der Waals surface area (Å²) in [6.45, 7) is 8.89. The molecule has 0 aliphatic rings. The molecule has 0 aliphatic heterocycles. The van der Waals surface area contributed by atoms with Crippen molar-refractivity contribution in [3.05, 3.63) is 0 Å². The minimum atomic E-state index is 0.367. The van der Waals surface area contributed by atoms with Crippen LogP contribution in [0.3, 0.4) is 0 Å². The van der Waals surface area contributed by atoms with Gasteiger partial charge in [0.05, 0.1) is 7.11 Å². The molecule has 0 radical (unpaired) electrons. The van der Waals surface area contributed by atoms with Gasteiger partial charge in [-0.25, -0.2) is 5.48 Å². The lowest BCUT2D eigenvalue weighted by Gasteiger charge is -2.22. The fraction of sp³-hybridized carbons (Fsp3) is 0.952. The van der Waals surface area contributed by atoms with Crippen LogP contribution in [0.2, 0.25) is 0 Å². The topological polar surface area (TPSA) is 62.9 Å². The molecule has 0 aromatic rings. The lowest BCUT2D eigenvalue weighted by molar-refractivity contribution is 0.143. The van der Waals surface area contributed by atoms with Gasteiger partial charge in [-0.2, -0.15) is 0 Å². The minimum Gasteiger partial charge on any atom is -0.368 e. The molecule has 0 spiro atoms. The Hall–Kier alpha value is -0.810. The van der Waals surface area contributed by atoms with Gasteiger partial charge in [0, 0.05) is 6.54 Å². The highest BCUT2D eigenvalue weighted by Gasteiger charge is 2.05. The Balaban J connectivity index is 3.96. The molecule has 5 nitrogen and oxygen atoms in total. The molecule has 0 atom stereocenters. The highest BCUT2D eigenvalue weighted by atomic mass is 16.6. The fourth-order valence-electron chi connectivity index (χ4n) is 3.20. The molecule has 0 aromatic heterocycles. The number of unbranched alkanes of at least 4 members (excludes halogenated alkanes) is 10. The van der Waals surface area contributed by atoms with E-state index in [2.05, 4.69) is 29.2 Å². The third-order valence-electron chi connectivity index (χ3n) is 4.78. The van der Waals surface area contributed by atoms with E-state index in [9.17, 15) is 0 Å². The van der Waals surface area contributed by atoms with Crippen LogP contribution in [0.4, 0.5) is 0 Å². The largest absolute Gasteiger partial charge is 0.368 e. The summed E-state index contributed by atoms with van der Waals surface area (Å²) >= 11 is 0. The van der Waals surface area contributed by atoms with E-state index >= 15 is 0 Å². The zero-order valence-electron chi connectivity index (χ0n) is 17.9. The van der Waals surface area contributed by atoms with Crippen molar-refractivity contribution in [3.8, 4) is 0 Å². The van der Waals surface area contributed by atoms with Crippen LogP contribution in [0, 0.1) is 0 Å². The molecule has 156 valence electrons. The second kappa shape index (κ2) is 20.5. The summed E-state index contributed by atoms with van der Waals surface area (Å²) in [7, 11) is 1.55. The number of hydroxylamine groups is 1. The number of nitrogens with two attached hydrogens (primary N) is 1. The zero-order valence-corrected chi connectivity index (χ0v) is 17.9. The Bertz CT molecular complexity index is 294. The van der Waals surface area contributed by atoms with Gasteiger partial charge in [0.15, 0.2) is 0 Å². The molecule has 0 fully saturated rings. The van der Waals surface area contributed by atoms with E-state index in [0.29, 0.717) is 5.96 Å². The predicted molar refractivity (Wildman–Crippen MR) is 114 cm³/mol. The molecule has 26 heavy (non-hydrogen) atoms. The second-order valence-electron chi connectivity index (χ2n) is 7.30. The fourth-order valence-corrected chi connectivity index (χ4v) is 3.20. The third kappa shape index (κ3) is 18.0. The van der Waals surface area contributed by atoms with Crippen molar-refractivity contribution in [2.45, 2.75) is 97.3 Å². The Morgan fingerprint density at radius 1 is 0.769 bits per heavy atom. The van der Waals surface area contributed by atoms with E-state index in [1.165, 1.54) is 90.1 Å². The van der Waals surface area contributed by atoms with Gasteiger partial charge in [0.25, 0.3) is 0 Å². The van der Waals surface area contributed by atoms with E-state index in [-0.39, 0.29) is 0 Å². The molecule has 3 N–H and O–H groups in total. The summed E-state index contributed by atoms with van der Waals surface area (Å²) in [5.41, 5.74) is 8.24. The van der Waals surface area contributed by atoms with Crippen molar-refractivity contribution < 1.29 is 4.84 Å². The number of rotatable bonds is 19. The summed E-state index contributed by atoms with van der Waals surface area (Å²) < 4.78 is 0. The number of nitrogens with zero attached hydrogens (tertiary/aromatic N) is 2. The SMILES string of the molecule is CCCCCCCCN(CCCCCCCC)CCCN=C(N)NOC. The normalized spacial score (nSPS) is 12.1. The molecule has 0 aromatic carbocycles. The van der Waals surface area contributed by atoms with Crippen molar-refractivity contribution in [2.75, 3.05) is 33.3 Å². The Morgan fingerprint density at radius 3 is 1.73 bits per heavy atom. The first-order chi connectivity index (χ1) is 12.7. The summed E-state index contributed by atoms with van der Waals surface area (Å²) in [5.74, 6) is 0.367. The van der Waals surface area contributed by atoms with Crippen molar-refractivity contribution in [2.24, 2.45) is 10.7 Å². The lowest BCUT2D eigenvalue weighted by atomic mass is 10.1. The first-order valence-electron chi connectivity index (χ1n) is 11.1. The molecule has 0 unspecified atom stereocenters. The zero-order chi connectivity index (χ0) is 19.3. The summed E-state index contributed by atoms with van der Waals surface area (Å²) in [6.07, 6.45) is 17.5. The average molecular weight is 371 g/mol. The molecule has 0 saturated carbocycles. The van der Waals surface area contributed by atoms with Gasteiger partial charge >= 0.3 is 0 Å². The van der Waals surface area contributed by atoms with Gasteiger partial charge < -0.3 is 10.6 Å². The van der Waals surface area contributed by atoms with Gasteiger partial charge in [0.1, 0.15) is 0 Å². The molecular weight excluding hydrogens is 324 g/mol. The molecule has 0 amide bonds. The number of guanidine groups is 1. The van der Waals surface area contributed by atoms with Gasteiger partial charge in [-0.3, -0.25) is 9.83 Å². The molecule has 5 heteroatoms. The Morgan fingerprint density at radius 2 is 1.23 bits per heavy atom. The van der Waals surface area contributed by atoms with Crippen LogP contribution in [0.25, 0.3) is 0 Å². The quantitative estimate of drug-likeness (QED) is 0.147. The van der Waals surface area contributed by atoms with Crippen molar-refractivity contribution in [3.63, 3.8) is 0 Å². The second-order valence-corrected chi connectivity index (χ2v) is 7.30. The highest BCUT2D eigenvalue weighted by molar-refractivity contribution is 5.76. The molecule has 0 rings (SSSR count). The van der Waals surface area contributed by atoms with E-state index in [4.69, 9.17) is 10.6 Å². The summed E-state index contributed by atoms with van der Waals surface area (Å²) in [5, 5.41) is 0. The van der Waals surface area contributed by atoms with E-state index in [1.54, 1.807) is 7.11 Å². The van der Waals surface area contributed by atoms with Crippen molar-refractivity contribution >= 4 is 5.96 Å². The predicted octanol–water partition coefficient (Wildman–Crippen LogP) is 4.87. The Labute approximate surface area is 163 Å². The lowest BCUT2D eigenvalue weighted by Crippen LogP contribution is -2.31. The summed E-state index contributed by atoms with van der Waals surface area (Å²) in [6, 6.07) is 0. The first-order valence-corrected chi connectivity index (χ1v) is 11.1. The van der Waals surface area contributed by atoms with Gasteiger partial charge in [-0.05, 0) is 38.9 Å². The van der Waals surface area contributed by atoms with Crippen LogP contribution in [-0.2, 0) is 4.84 Å². The van der Waals surface area contributed by atoms with Crippen LogP contribution >= 0.6 is 0 Å². The third-order valence-corrected chi connectivity index (χ3v) is 4.78. The van der Waals surface area contributed by atoms with E-state index in [0.717, 1.165) is 19.5 Å². The van der Waals surface area contributed by atoms with Gasteiger partial charge in [0.2, 0.25) is 5.96 Å². The van der Waals surface area contributed by atoms with E-state index in [1.807, 2.05) is 0 Å². The molecular formula is C21H46N4O. The number of hydrogen-bond donors (Lipinski definition) is 2. The van der Waals surface area contributed by atoms with Crippen LogP contribution in [0.1, 0.15) is 97.3 Å². The Kier molecular flexibility index (Phi) is 19.9. The van der Waals surface area contributed by atoms with Gasteiger partial charge in [-0.1, -0.05) is 78.1 Å². The maximum absolute atomic E-state index is 5.68. The van der Waals surface area contributed by atoms with Crippen LogP contribution in [-0.4, -0.2) is 44.1 Å². The monoisotopic (exact) mass is 370 g/mol. The van der Waals surface area contributed by atoms with Crippen molar-refractivity contribution in [1.82, 2.24) is 10.4 Å². The smallest absolute Gasteiger partial charge is 0.213 e. The highest BCUT2D eigenvalue weighted by Crippen LogP contribution is 2.09. The first kappa shape index (κ1) is 25.2. The minimum absolute atomic E-state index is 0.367.